The van der Waals surface area contributed by atoms with Crippen LogP contribution in [0.3, 0.4) is 0 Å². The third kappa shape index (κ3) is 8.62. The van der Waals surface area contributed by atoms with E-state index in [1.807, 2.05) is 12.1 Å². The molecule has 4 heterocycles. The molecule has 3 aromatic rings. The van der Waals surface area contributed by atoms with Crippen LogP contribution in [-0.2, 0) is 30.2 Å². The van der Waals surface area contributed by atoms with E-state index < -0.39 is 94.7 Å². The van der Waals surface area contributed by atoms with Crippen LogP contribution in [-0.4, -0.2) is 104 Å². The molecular formula is C47H55N3O13. The minimum absolute atomic E-state index is 0.00515. The second-order valence-corrected chi connectivity index (χ2v) is 16.7. The Morgan fingerprint density at radius 1 is 0.952 bits per heavy atom. The standard InChI is InChI=1S/C47H55N3O13/c1-22-13-12-14-23(2)45(58)49-36-31(21-48-50-19-17-29-15-10-11-16-30(29)46(50)59)40(55)33-34(41(36)56)39(54)27(6)43-35(33)44(57)47(8,63-43)61-20-18-32(60-9)24(3)42(62-28(7)51)26(5)38(53)25(4)37(22)52/h10-16,18,20-22,24-26,32,37-38,42,52-56H,17,19H2,1-9H3,(H,49,58)/b13-12+,20-18+,23-14-,48-21+. The van der Waals surface area contributed by atoms with E-state index in [4.69, 9.17) is 18.9 Å². The number of benzene rings is 3. The fourth-order valence-electron chi connectivity index (χ4n) is 8.52. The van der Waals surface area contributed by atoms with Crippen LogP contribution < -0.4 is 10.1 Å². The number of amides is 2. The Hall–Kier alpha value is -6.23. The summed E-state index contributed by atoms with van der Waals surface area (Å²) in [5, 5.41) is 66.2. The lowest BCUT2D eigenvalue weighted by Gasteiger charge is -2.38. The topological polar surface area (TPSA) is 234 Å². The van der Waals surface area contributed by atoms with Gasteiger partial charge >= 0.3 is 11.8 Å². The van der Waals surface area contributed by atoms with Gasteiger partial charge in [-0.3, -0.25) is 19.2 Å². The number of methoxy groups -OCH3 is 1. The smallest absolute Gasteiger partial charge is 0.312 e. The van der Waals surface area contributed by atoms with Crippen LogP contribution in [0.25, 0.3) is 10.8 Å². The maximum atomic E-state index is 14.5. The maximum Gasteiger partial charge on any atom is 0.312 e. The third-order valence-corrected chi connectivity index (χ3v) is 12.4. The number of fused-ring (bicyclic) bond motifs is 15. The molecule has 16 nitrogen and oxygen atoms in total. The van der Waals surface area contributed by atoms with Crippen LogP contribution in [0.15, 0.2) is 65.5 Å². The Morgan fingerprint density at radius 3 is 2.33 bits per heavy atom. The Morgan fingerprint density at radius 2 is 1.65 bits per heavy atom. The van der Waals surface area contributed by atoms with Crippen molar-refractivity contribution in [3.63, 3.8) is 0 Å². The first-order valence-corrected chi connectivity index (χ1v) is 20.8. The highest BCUT2D eigenvalue weighted by Crippen LogP contribution is 2.55. The highest BCUT2D eigenvalue weighted by molar-refractivity contribution is 6.24. The van der Waals surface area contributed by atoms with Crippen LogP contribution in [0.2, 0.25) is 0 Å². The largest absolute Gasteiger partial charge is 0.507 e. The van der Waals surface area contributed by atoms with Crippen LogP contribution in [0.4, 0.5) is 5.69 Å². The Bertz CT molecular complexity index is 2460. The van der Waals surface area contributed by atoms with Crippen LogP contribution in [0, 0.1) is 30.6 Å². The van der Waals surface area contributed by atoms with Crippen LogP contribution in [0.5, 0.6) is 23.0 Å². The SMILES string of the molecule is COC1/C=C/OC2(C)Oc3c(C)c(O)c4c(O)c(c(/C=N/N5CCc6ccccc6C5=O)c(O)c4c3C2=O)NC(=O)/C(C)=C\C=C\C(C)C(O)C(C)C(O)C(C)C(OC(C)=O)C1C. The molecule has 2 amide bonds. The lowest BCUT2D eigenvalue weighted by molar-refractivity contribution is -0.160. The molecule has 0 saturated heterocycles. The molecule has 9 unspecified atom stereocenters. The zero-order valence-corrected chi connectivity index (χ0v) is 36.7. The molecule has 7 rings (SSSR count). The van der Waals surface area contributed by atoms with Crippen molar-refractivity contribution in [1.82, 2.24) is 5.01 Å². The number of nitrogens with one attached hydrogen (secondary N) is 1. The minimum Gasteiger partial charge on any atom is -0.507 e. The predicted molar refractivity (Wildman–Crippen MR) is 233 cm³/mol. The van der Waals surface area contributed by atoms with Crippen molar-refractivity contribution in [3.05, 3.63) is 88.2 Å². The number of nitrogens with zero attached hydrogens (tertiary/aromatic N) is 2. The van der Waals surface area contributed by atoms with Crippen molar-refractivity contribution in [2.45, 2.75) is 92.0 Å². The number of hydrogen-bond donors (Lipinski definition) is 6. The number of allylic oxidation sites excluding steroid dienone is 2. The summed E-state index contributed by atoms with van der Waals surface area (Å²) in [6.07, 6.45) is 4.85. The van der Waals surface area contributed by atoms with Gasteiger partial charge in [0.1, 0.15) is 23.4 Å². The number of Topliss-reactive ketones (excluding diaryl/α,β-unsaturated/α-hetero) is 1. The molecule has 63 heavy (non-hydrogen) atoms. The summed E-state index contributed by atoms with van der Waals surface area (Å²) in [7, 11) is 1.42. The number of aliphatic hydroxyl groups excluding tert-OH is 2. The molecule has 6 N–H and O–H groups in total. The number of rotatable bonds is 4. The lowest BCUT2D eigenvalue weighted by Crippen LogP contribution is -2.46. The number of anilines is 1. The van der Waals surface area contributed by atoms with E-state index in [0.717, 1.165) is 11.8 Å². The fraction of sp³-hybridized carbons (Fsp3) is 0.426. The van der Waals surface area contributed by atoms with Gasteiger partial charge in [-0.25, -0.2) is 5.01 Å². The maximum absolute atomic E-state index is 14.5. The Labute approximate surface area is 365 Å². The average Bonchev–Trinajstić information content (AvgIpc) is 3.52. The van der Waals surface area contributed by atoms with E-state index >= 15 is 0 Å². The van der Waals surface area contributed by atoms with Crippen molar-refractivity contribution < 1.29 is 63.7 Å². The minimum atomic E-state index is -2.10. The summed E-state index contributed by atoms with van der Waals surface area (Å²) in [5.74, 6) is -9.45. The molecular weight excluding hydrogens is 815 g/mol. The zero-order valence-electron chi connectivity index (χ0n) is 36.7. The molecule has 3 aromatic carbocycles. The van der Waals surface area contributed by atoms with Gasteiger partial charge in [-0.05, 0) is 38.0 Å². The van der Waals surface area contributed by atoms with Gasteiger partial charge in [0.05, 0.1) is 53.0 Å². The van der Waals surface area contributed by atoms with Gasteiger partial charge in [-0.2, -0.15) is 5.10 Å². The number of carbonyl (C=O) groups excluding carboxylic acids is 4. The van der Waals surface area contributed by atoms with Gasteiger partial charge in [-0.15, -0.1) is 0 Å². The van der Waals surface area contributed by atoms with Crippen molar-refractivity contribution >= 4 is 46.2 Å². The third-order valence-electron chi connectivity index (χ3n) is 12.4. The molecule has 4 aliphatic rings. The van der Waals surface area contributed by atoms with Crippen LogP contribution >= 0.6 is 0 Å². The molecule has 0 fully saturated rings. The zero-order chi connectivity index (χ0) is 46.2. The van der Waals surface area contributed by atoms with Crippen molar-refractivity contribution in [2.75, 3.05) is 19.0 Å². The number of phenols is 3. The molecule has 16 heteroatoms. The number of aromatic hydroxyl groups is 3. The summed E-state index contributed by atoms with van der Waals surface area (Å²) in [6.45, 7) is 12.5. The van der Waals surface area contributed by atoms with Crippen molar-refractivity contribution in [1.29, 1.82) is 0 Å². The van der Waals surface area contributed by atoms with E-state index in [-0.39, 0.29) is 51.0 Å². The molecule has 4 aliphatic heterocycles. The van der Waals surface area contributed by atoms with Gasteiger partial charge in [0.2, 0.25) is 0 Å². The highest BCUT2D eigenvalue weighted by Gasteiger charge is 2.50. The number of esters is 1. The van der Waals surface area contributed by atoms with Crippen LogP contribution in [0.1, 0.15) is 85.9 Å². The molecule has 9 atom stereocenters. The fourth-order valence-corrected chi connectivity index (χ4v) is 8.52. The van der Waals surface area contributed by atoms with Gasteiger partial charge in [-0.1, -0.05) is 64.1 Å². The van der Waals surface area contributed by atoms with E-state index in [1.54, 1.807) is 52.0 Å². The summed E-state index contributed by atoms with van der Waals surface area (Å²) in [4.78, 5) is 54.2. The quantitative estimate of drug-likeness (QED) is 0.0790. The first-order chi connectivity index (χ1) is 29.7. The number of hydrazone groups is 1. The predicted octanol–water partition coefficient (Wildman–Crippen LogP) is 5.79. The number of ketones is 1. The number of carbonyl (C=O) groups is 4. The van der Waals surface area contributed by atoms with Crippen molar-refractivity contribution in [2.24, 2.45) is 28.8 Å². The summed E-state index contributed by atoms with van der Waals surface area (Å²) < 4.78 is 23.6. The van der Waals surface area contributed by atoms with E-state index in [0.29, 0.717) is 12.0 Å². The van der Waals surface area contributed by atoms with Gasteiger partial charge in [0.15, 0.2) is 5.75 Å². The normalized spacial score (nSPS) is 30.0. The van der Waals surface area contributed by atoms with Crippen molar-refractivity contribution in [3.8, 4) is 23.0 Å². The Kier molecular flexibility index (Phi) is 13.4. The number of hydrogen-bond acceptors (Lipinski definition) is 14. The second kappa shape index (κ2) is 18.2. The number of aliphatic hydroxyl groups is 2. The molecule has 0 radical (unpaired) electrons. The summed E-state index contributed by atoms with van der Waals surface area (Å²) >= 11 is 0. The number of phenolic OH excluding ortho intramolecular Hbond substituents is 3. The van der Waals surface area contributed by atoms with E-state index in [1.165, 1.54) is 58.2 Å². The monoisotopic (exact) mass is 869 g/mol. The molecule has 5 bridgehead atoms. The number of ether oxygens (including phenoxy) is 4. The molecule has 336 valence electrons. The summed E-state index contributed by atoms with van der Waals surface area (Å²) in [5.41, 5.74) is 0.428. The van der Waals surface area contributed by atoms with Gasteiger partial charge in [0, 0.05) is 73.3 Å². The van der Waals surface area contributed by atoms with Gasteiger partial charge in [0.25, 0.3) is 17.6 Å². The van der Waals surface area contributed by atoms with Gasteiger partial charge < -0.3 is 49.8 Å². The summed E-state index contributed by atoms with van der Waals surface area (Å²) in [6, 6.07) is 7.05. The lowest BCUT2D eigenvalue weighted by atomic mass is 9.78. The highest BCUT2D eigenvalue weighted by atomic mass is 16.7. The Balaban J connectivity index is 1.53. The van der Waals surface area contributed by atoms with E-state index in [2.05, 4.69) is 10.4 Å². The second-order valence-electron chi connectivity index (χ2n) is 16.7. The van der Waals surface area contributed by atoms with E-state index in [9.17, 15) is 44.7 Å². The average molecular weight is 870 g/mol. The first kappa shape index (κ1) is 46.3. The molecule has 0 aromatic heterocycles. The molecule has 0 saturated carbocycles. The molecule has 0 aliphatic carbocycles. The molecule has 0 spiro atoms. The first-order valence-electron chi connectivity index (χ1n) is 20.8.